The molecule has 126 valence electrons. The van der Waals surface area contributed by atoms with Crippen LogP contribution in [0.4, 0.5) is 11.4 Å². The number of rotatable bonds is 4. The first kappa shape index (κ1) is 16.4. The van der Waals surface area contributed by atoms with E-state index in [1.54, 1.807) is 42.5 Å². The van der Waals surface area contributed by atoms with Crippen LogP contribution in [0.2, 0.25) is 0 Å². The maximum Gasteiger partial charge on any atom is 0.276 e. The fourth-order valence-electron chi connectivity index (χ4n) is 2.47. The lowest BCUT2D eigenvalue weighted by atomic mass is 10.1. The second-order valence-electron chi connectivity index (χ2n) is 5.55. The van der Waals surface area contributed by atoms with Crippen LogP contribution in [0.5, 0.6) is 0 Å². The molecule has 0 bridgehead atoms. The van der Waals surface area contributed by atoms with E-state index >= 15 is 0 Å². The Hall–Kier alpha value is -3.48. The molecule has 1 aliphatic rings. The zero-order chi connectivity index (χ0) is 17.8. The molecule has 3 rings (SSSR count). The molecule has 25 heavy (non-hydrogen) atoms. The molecule has 3 amide bonds. The van der Waals surface area contributed by atoms with Crippen molar-refractivity contribution < 1.29 is 14.4 Å². The summed E-state index contributed by atoms with van der Waals surface area (Å²) in [6.45, 7) is 1.43. The van der Waals surface area contributed by atoms with Crippen LogP contribution < -0.4 is 16.1 Å². The van der Waals surface area contributed by atoms with Gasteiger partial charge in [0.2, 0.25) is 11.8 Å². The minimum absolute atomic E-state index is 0.112. The smallest absolute Gasteiger partial charge is 0.276 e. The average molecular weight is 336 g/mol. The molecule has 0 saturated heterocycles. The van der Waals surface area contributed by atoms with Crippen LogP contribution in [0.15, 0.2) is 53.6 Å². The van der Waals surface area contributed by atoms with Crippen molar-refractivity contribution in [2.45, 2.75) is 13.3 Å². The fourth-order valence-corrected chi connectivity index (χ4v) is 2.47. The number of hydrogen-bond donors (Lipinski definition) is 3. The molecule has 0 radical (unpaired) electrons. The Balaban J connectivity index is 1.63. The number of amides is 3. The average Bonchev–Trinajstić information content (AvgIpc) is 2.89. The van der Waals surface area contributed by atoms with Gasteiger partial charge in [-0.3, -0.25) is 14.4 Å². The van der Waals surface area contributed by atoms with Gasteiger partial charge in [0.25, 0.3) is 5.91 Å². The first-order valence-corrected chi connectivity index (χ1v) is 7.67. The monoisotopic (exact) mass is 336 g/mol. The predicted octanol–water partition coefficient (Wildman–Crippen LogP) is 1.66. The highest BCUT2D eigenvalue weighted by molar-refractivity contribution is 6.53. The molecule has 2 aromatic carbocycles. The van der Waals surface area contributed by atoms with Gasteiger partial charge in [-0.1, -0.05) is 30.3 Å². The molecule has 7 heteroatoms. The number of anilines is 2. The number of hydrogen-bond acceptors (Lipinski definition) is 4. The Bertz CT molecular complexity index is 872. The van der Waals surface area contributed by atoms with Crippen LogP contribution in [-0.2, 0) is 20.8 Å². The van der Waals surface area contributed by atoms with Crippen molar-refractivity contribution in [1.82, 2.24) is 5.43 Å². The normalized spacial score (nSPS) is 14.0. The quantitative estimate of drug-likeness (QED) is 0.740. The van der Waals surface area contributed by atoms with E-state index in [0.29, 0.717) is 16.9 Å². The molecule has 2 aromatic rings. The Morgan fingerprint density at radius 2 is 1.80 bits per heavy atom. The maximum absolute atomic E-state index is 12.0. The maximum atomic E-state index is 12.0. The summed E-state index contributed by atoms with van der Waals surface area (Å²) < 4.78 is 0. The largest absolute Gasteiger partial charge is 0.326 e. The van der Waals surface area contributed by atoms with Gasteiger partial charge >= 0.3 is 0 Å². The van der Waals surface area contributed by atoms with E-state index < -0.39 is 0 Å². The number of carbonyl (C=O) groups is 3. The summed E-state index contributed by atoms with van der Waals surface area (Å²) in [5, 5.41) is 9.29. The van der Waals surface area contributed by atoms with Crippen molar-refractivity contribution in [1.29, 1.82) is 0 Å². The SMILES string of the molecule is CC(=O)Nc1ccc(CC(=O)N/N=C2\C(=O)Nc3ccccc32)cc1. The number of nitrogens with one attached hydrogen (secondary N) is 3. The fraction of sp³-hybridized carbons (Fsp3) is 0.111. The lowest BCUT2D eigenvalue weighted by molar-refractivity contribution is -0.120. The molecular formula is C18H16N4O3. The second kappa shape index (κ2) is 6.96. The summed E-state index contributed by atoms with van der Waals surface area (Å²) in [5.74, 6) is -0.838. The van der Waals surface area contributed by atoms with Gasteiger partial charge in [-0.15, -0.1) is 0 Å². The highest BCUT2D eigenvalue weighted by atomic mass is 16.2. The lowest BCUT2D eigenvalue weighted by Gasteiger charge is -2.04. The predicted molar refractivity (Wildman–Crippen MR) is 94.2 cm³/mol. The van der Waals surface area contributed by atoms with E-state index in [2.05, 4.69) is 21.2 Å². The Morgan fingerprint density at radius 1 is 1.08 bits per heavy atom. The number of carbonyl (C=O) groups excluding carboxylic acids is 3. The molecule has 0 aliphatic carbocycles. The van der Waals surface area contributed by atoms with E-state index in [9.17, 15) is 14.4 Å². The third kappa shape index (κ3) is 3.89. The van der Waals surface area contributed by atoms with Gasteiger partial charge in [-0.2, -0.15) is 5.10 Å². The van der Waals surface area contributed by atoms with Gasteiger partial charge in [0, 0.05) is 18.2 Å². The van der Waals surface area contributed by atoms with Gasteiger partial charge in [0.05, 0.1) is 12.1 Å². The zero-order valence-electron chi connectivity index (χ0n) is 13.5. The number of hydrazone groups is 1. The van der Waals surface area contributed by atoms with Crippen molar-refractivity contribution in [3.63, 3.8) is 0 Å². The third-order valence-electron chi connectivity index (χ3n) is 3.58. The molecule has 7 nitrogen and oxygen atoms in total. The van der Waals surface area contributed by atoms with Gasteiger partial charge < -0.3 is 10.6 Å². The van der Waals surface area contributed by atoms with Crippen LogP contribution in [0.25, 0.3) is 0 Å². The van der Waals surface area contributed by atoms with Gasteiger partial charge in [0.15, 0.2) is 5.71 Å². The van der Waals surface area contributed by atoms with Crippen molar-refractivity contribution >= 4 is 34.8 Å². The van der Waals surface area contributed by atoms with Crippen LogP contribution in [0.1, 0.15) is 18.1 Å². The van der Waals surface area contributed by atoms with E-state index in [4.69, 9.17) is 0 Å². The van der Waals surface area contributed by atoms with Gasteiger partial charge in [-0.25, -0.2) is 5.43 Å². The molecule has 0 saturated carbocycles. The highest BCUT2D eigenvalue weighted by Gasteiger charge is 2.25. The molecule has 0 fully saturated rings. The molecule has 0 atom stereocenters. The zero-order valence-corrected chi connectivity index (χ0v) is 13.5. The van der Waals surface area contributed by atoms with Crippen LogP contribution in [0, 0.1) is 0 Å². The standard InChI is InChI=1S/C18H16N4O3/c1-11(23)19-13-8-6-12(7-9-13)10-16(24)21-22-17-14-4-2-3-5-15(14)20-18(17)25/h2-9H,10H2,1H3,(H,19,23)(H,21,24)(H,20,22,25). The second-order valence-corrected chi connectivity index (χ2v) is 5.55. The van der Waals surface area contributed by atoms with E-state index in [1.807, 2.05) is 6.07 Å². The van der Waals surface area contributed by atoms with Crippen molar-refractivity contribution in [2.24, 2.45) is 5.10 Å². The molecule has 1 aliphatic heterocycles. The van der Waals surface area contributed by atoms with Crippen molar-refractivity contribution in [3.05, 3.63) is 59.7 Å². The van der Waals surface area contributed by atoms with E-state index in [-0.39, 0.29) is 29.9 Å². The summed E-state index contributed by atoms with van der Waals surface area (Å²) in [5.41, 5.74) is 5.36. The Kier molecular flexibility index (Phi) is 4.56. The van der Waals surface area contributed by atoms with Crippen LogP contribution in [0.3, 0.4) is 0 Å². The summed E-state index contributed by atoms with van der Waals surface area (Å²) >= 11 is 0. The number of fused-ring (bicyclic) bond motifs is 1. The summed E-state index contributed by atoms with van der Waals surface area (Å²) in [4.78, 5) is 34.9. The van der Waals surface area contributed by atoms with E-state index in [0.717, 1.165) is 5.56 Å². The molecular weight excluding hydrogens is 320 g/mol. The molecule has 0 aromatic heterocycles. The highest BCUT2D eigenvalue weighted by Crippen LogP contribution is 2.22. The minimum atomic E-state index is -0.346. The molecule has 0 spiro atoms. The minimum Gasteiger partial charge on any atom is -0.326 e. The summed E-state index contributed by atoms with van der Waals surface area (Å²) in [6, 6.07) is 14.1. The Morgan fingerprint density at radius 3 is 2.52 bits per heavy atom. The number of benzene rings is 2. The first-order chi connectivity index (χ1) is 12.0. The van der Waals surface area contributed by atoms with Crippen LogP contribution in [-0.4, -0.2) is 23.4 Å². The number of nitrogens with zero attached hydrogens (tertiary/aromatic N) is 1. The molecule has 1 heterocycles. The Labute approximate surface area is 144 Å². The topological polar surface area (TPSA) is 99.7 Å². The van der Waals surface area contributed by atoms with Crippen molar-refractivity contribution in [2.75, 3.05) is 10.6 Å². The lowest BCUT2D eigenvalue weighted by Crippen LogP contribution is -2.24. The van der Waals surface area contributed by atoms with E-state index in [1.165, 1.54) is 6.92 Å². The van der Waals surface area contributed by atoms with Crippen LogP contribution >= 0.6 is 0 Å². The third-order valence-corrected chi connectivity index (χ3v) is 3.58. The summed E-state index contributed by atoms with van der Waals surface area (Å²) in [6.07, 6.45) is 0.112. The van der Waals surface area contributed by atoms with Gasteiger partial charge in [-0.05, 0) is 23.8 Å². The van der Waals surface area contributed by atoms with Gasteiger partial charge in [0.1, 0.15) is 0 Å². The number of para-hydroxylation sites is 1. The molecule has 0 unspecified atom stereocenters. The summed E-state index contributed by atoms with van der Waals surface area (Å²) in [7, 11) is 0. The molecule has 3 N–H and O–H groups in total. The first-order valence-electron chi connectivity index (χ1n) is 7.67. The van der Waals surface area contributed by atoms with Crippen molar-refractivity contribution in [3.8, 4) is 0 Å².